The normalized spacial score (nSPS) is 17.8. The number of benzene rings is 3. The summed E-state index contributed by atoms with van der Waals surface area (Å²) >= 11 is 0. The third-order valence-electron chi connectivity index (χ3n) is 4.40. The third kappa shape index (κ3) is 2.76. The zero-order valence-corrected chi connectivity index (χ0v) is 13.2. The van der Waals surface area contributed by atoms with E-state index in [9.17, 15) is 4.79 Å². The van der Waals surface area contributed by atoms with E-state index in [0.717, 1.165) is 39.9 Å². The van der Waals surface area contributed by atoms with Gasteiger partial charge in [-0.25, -0.2) is 5.43 Å². The van der Waals surface area contributed by atoms with Gasteiger partial charge in [-0.3, -0.25) is 4.79 Å². The van der Waals surface area contributed by atoms with E-state index in [-0.39, 0.29) is 12.0 Å². The molecule has 0 saturated carbocycles. The molecule has 1 heterocycles. The molecule has 1 amide bonds. The number of carbonyl (C=O) groups is 1. The van der Waals surface area contributed by atoms with Crippen molar-refractivity contribution in [1.29, 1.82) is 0 Å². The van der Waals surface area contributed by atoms with Crippen LogP contribution in [0.4, 0.5) is 0 Å². The van der Waals surface area contributed by atoms with E-state index in [1.807, 2.05) is 24.3 Å². The average molecular weight is 318 g/mol. The number of hydrogen-bond acceptors (Lipinski definition) is 3. The number of ether oxygens (including phenoxy) is 1. The smallest absolute Gasteiger partial charge is 0.269 e. The summed E-state index contributed by atoms with van der Waals surface area (Å²) in [5.74, 6) is -0.173. The lowest BCUT2D eigenvalue weighted by atomic mass is 9.97. The van der Waals surface area contributed by atoms with Crippen LogP contribution in [0, 0.1) is 0 Å². The number of fused-ring (bicyclic) bond motifs is 2. The van der Waals surface area contributed by atoms with E-state index in [4.69, 9.17) is 4.74 Å². The largest absolute Gasteiger partial charge is 0.368 e. The maximum atomic E-state index is 12.0. The van der Waals surface area contributed by atoms with E-state index >= 15 is 0 Å². The van der Waals surface area contributed by atoms with Gasteiger partial charge in [0, 0.05) is 12.2 Å². The second-order valence-corrected chi connectivity index (χ2v) is 5.97. The van der Waals surface area contributed by atoms with Gasteiger partial charge in [-0.2, -0.15) is 5.10 Å². The number of rotatable bonds is 3. The van der Waals surface area contributed by atoms with Crippen LogP contribution in [0.25, 0.3) is 21.5 Å². The molecular weight excluding hydrogens is 300 g/mol. The first-order valence-corrected chi connectivity index (χ1v) is 8.18. The highest BCUT2D eigenvalue weighted by Crippen LogP contribution is 2.27. The molecule has 3 aromatic rings. The van der Waals surface area contributed by atoms with E-state index in [1.165, 1.54) is 0 Å². The molecule has 0 unspecified atom stereocenters. The van der Waals surface area contributed by atoms with Crippen molar-refractivity contribution in [2.45, 2.75) is 18.9 Å². The number of amides is 1. The van der Waals surface area contributed by atoms with Crippen LogP contribution in [0.15, 0.2) is 59.7 Å². The van der Waals surface area contributed by atoms with Crippen LogP contribution in [0.5, 0.6) is 0 Å². The Labute approximate surface area is 140 Å². The maximum Gasteiger partial charge on any atom is 0.269 e. The Morgan fingerprint density at radius 3 is 2.38 bits per heavy atom. The van der Waals surface area contributed by atoms with Crippen LogP contribution in [0.1, 0.15) is 18.4 Å². The molecular formula is C20H18N2O2. The average Bonchev–Trinajstić information content (AvgIpc) is 3.16. The summed E-state index contributed by atoms with van der Waals surface area (Å²) in [6.07, 6.45) is 3.05. The van der Waals surface area contributed by atoms with Crippen LogP contribution < -0.4 is 5.43 Å². The molecule has 3 aromatic carbocycles. The quantitative estimate of drug-likeness (QED) is 0.455. The number of carbonyl (C=O) groups excluding carboxylic acids is 1. The van der Waals surface area contributed by atoms with Gasteiger partial charge in [0.2, 0.25) is 0 Å². The lowest BCUT2D eigenvalue weighted by molar-refractivity contribution is -0.130. The lowest BCUT2D eigenvalue weighted by Gasteiger charge is -2.09. The second-order valence-electron chi connectivity index (χ2n) is 5.97. The van der Waals surface area contributed by atoms with Crippen molar-refractivity contribution < 1.29 is 9.53 Å². The van der Waals surface area contributed by atoms with E-state index < -0.39 is 0 Å². The fourth-order valence-electron chi connectivity index (χ4n) is 3.20. The molecule has 1 aliphatic rings. The molecule has 0 bridgehead atoms. The Hall–Kier alpha value is -2.72. The molecule has 1 aliphatic heterocycles. The molecule has 0 aromatic heterocycles. The molecule has 120 valence electrons. The second kappa shape index (κ2) is 6.42. The highest BCUT2D eigenvalue weighted by atomic mass is 16.5. The predicted molar refractivity (Wildman–Crippen MR) is 96.2 cm³/mol. The van der Waals surface area contributed by atoms with E-state index in [2.05, 4.69) is 40.9 Å². The number of hydrogen-bond donors (Lipinski definition) is 1. The zero-order chi connectivity index (χ0) is 16.4. The Bertz CT molecular complexity index is 873. The van der Waals surface area contributed by atoms with Gasteiger partial charge in [-0.1, -0.05) is 48.5 Å². The SMILES string of the molecule is O=C(N/N=C\c1c2ccccc2cc2ccccc12)[C@H]1CCCO1. The summed E-state index contributed by atoms with van der Waals surface area (Å²) in [7, 11) is 0. The van der Waals surface area contributed by atoms with Gasteiger partial charge in [0.25, 0.3) is 5.91 Å². The van der Waals surface area contributed by atoms with Crippen LogP contribution in [-0.4, -0.2) is 24.8 Å². The molecule has 24 heavy (non-hydrogen) atoms. The van der Waals surface area contributed by atoms with Crippen molar-refractivity contribution in [2.75, 3.05) is 6.61 Å². The van der Waals surface area contributed by atoms with Crippen LogP contribution in [0.2, 0.25) is 0 Å². The molecule has 1 atom stereocenters. The summed E-state index contributed by atoms with van der Waals surface area (Å²) < 4.78 is 5.37. The Morgan fingerprint density at radius 2 is 1.75 bits per heavy atom. The third-order valence-corrected chi connectivity index (χ3v) is 4.40. The fourth-order valence-corrected chi connectivity index (χ4v) is 3.20. The highest BCUT2D eigenvalue weighted by Gasteiger charge is 2.22. The summed E-state index contributed by atoms with van der Waals surface area (Å²) in [5.41, 5.74) is 3.62. The van der Waals surface area contributed by atoms with Crippen molar-refractivity contribution in [3.05, 3.63) is 60.2 Å². The molecule has 0 spiro atoms. The number of nitrogens with one attached hydrogen (secondary N) is 1. The predicted octanol–water partition coefficient (Wildman–Crippen LogP) is 3.62. The fraction of sp³-hybridized carbons (Fsp3) is 0.200. The van der Waals surface area contributed by atoms with E-state index in [0.29, 0.717) is 6.61 Å². The molecule has 1 fully saturated rings. The molecule has 0 radical (unpaired) electrons. The van der Waals surface area contributed by atoms with Gasteiger partial charge >= 0.3 is 0 Å². The molecule has 4 nitrogen and oxygen atoms in total. The summed E-state index contributed by atoms with van der Waals surface area (Å²) in [6, 6.07) is 18.6. The first-order chi connectivity index (χ1) is 11.8. The Balaban J connectivity index is 1.70. The van der Waals surface area contributed by atoms with Gasteiger partial charge in [-0.05, 0) is 40.5 Å². The van der Waals surface area contributed by atoms with Gasteiger partial charge < -0.3 is 4.74 Å². The minimum atomic E-state index is -0.369. The summed E-state index contributed by atoms with van der Waals surface area (Å²) in [5, 5.41) is 8.73. The topological polar surface area (TPSA) is 50.7 Å². The van der Waals surface area contributed by atoms with Gasteiger partial charge in [-0.15, -0.1) is 0 Å². The van der Waals surface area contributed by atoms with Crippen molar-refractivity contribution in [3.63, 3.8) is 0 Å². The first kappa shape index (κ1) is 14.8. The minimum absolute atomic E-state index is 0.173. The first-order valence-electron chi connectivity index (χ1n) is 8.18. The van der Waals surface area contributed by atoms with Crippen molar-refractivity contribution in [2.24, 2.45) is 5.10 Å². The number of hydrazone groups is 1. The standard InChI is InChI=1S/C20H18N2O2/c23-20(19-10-5-11-24-19)22-21-13-18-16-8-3-1-6-14(16)12-15-7-2-4-9-17(15)18/h1-4,6-9,12-13,19H,5,10-11H2,(H,22,23)/b21-13-/t19-/m1/s1. The minimum Gasteiger partial charge on any atom is -0.368 e. The van der Waals surface area contributed by atoms with Crippen molar-refractivity contribution in [3.8, 4) is 0 Å². The molecule has 1 saturated heterocycles. The lowest BCUT2D eigenvalue weighted by Crippen LogP contribution is -2.30. The highest BCUT2D eigenvalue weighted by molar-refractivity contribution is 6.13. The van der Waals surface area contributed by atoms with Gasteiger partial charge in [0.15, 0.2) is 0 Å². The zero-order valence-electron chi connectivity index (χ0n) is 13.2. The van der Waals surface area contributed by atoms with Gasteiger partial charge in [0.1, 0.15) is 6.10 Å². The molecule has 4 heteroatoms. The Morgan fingerprint density at radius 1 is 1.08 bits per heavy atom. The Kier molecular flexibility index (Phi) is 3.97. The summed E-state index contributed by atoms with van der Waals surface area (Å²) in [6.45, 7) is 0.649. The van der Waals surface area contributed by atoms with Gasteiger partial charge in [0.05, 0.1) is 6.21 Å². The number of nitrogens with zero attached hydrogens (tertiary/aromatic N) is 1. The van der Waals surface area contributed by atoms with Crippen molar-refractivity contribution in [1.82, 2.24) is 5.43 Å². The maximum absolute atomic E-state index is 12.0. The van der Waals surface area contributed by atoms with Crippen LogP contribution in [-0.2, 0) is 9.53 Å². The molecule has 0 aliphatic carbocycles. The molecule has 1 N–H and O–H groups in total. The van der Waals surface area contributed by atoms with Crippen LogP contribution >= 0.6 is 0 Å². The van der Waals surface area contributed by atoms with Crippen LogP contribution in [0.3, 0.4) is 0 Å². The van der Waals surface area contributed by atoms with E-state index in [1.54, 1.807) is 6.21 Å². The summed E-state index contributed by atoms with van der Waals surface area (Å²) in [4.78, 5) is 12.0. The molecule has 4 rings (SSSR count). The monoisotopic (exact) mass is 318 g/mol. The van der Waals surface area contributed by atoms with Crippen molar-refractivity contribution >= 4 is 33.7 Å².